The third-order valence-electron chi connectivity index (χ3n) is 4.84. The Morgan fingerprint density at radius 3 is 2.29 bits per heavy atom. The average molecular weight is 433 g/mol. The van der Waals surface area contributed by atoms with E-state index in [0.717, 1.165) is 21.4 Å². The van der Waals surface area contributed by atoms with Gasteiger partial charge >= 0.3 is 0 Å². The van der Waals surface area contributed by atoms with E-state index in [9.17, 15) is 27.2 Å². The maximum absolute atomic E-state index is 13.9. The summed E-state index contributed by atoms with van der Waals surface area (Å²) in [6.07, 6.45) is 0.0238. The van der Waals surface area contributed by atoms with Crippen molar-refractivity contribution in [1.29, 1.82) is 0 Å². The van der Waals surface area contributed by atoms with Crippen molar-refractivity contribution in [1.82, 2.24) is 9.78 Å². The van der Waals surface area contributed by atoms with Crippen molar-refractivity contribution < 1.29 is 22.4 Å². The molecule has 0 aliphatic heterocycles. The van der Waals surface area contributed by atoms with Gasteiger partial charge in [0.2, 0.25) is 5.91 Å². The largest absolute Gasteiger partial charge is 0.319 e. The van der Waals surface area contributed by atoms with Crippen LogP contribution in [0.25, 0.3) is 11.3 Å². The molecule has 3 aromatic rings. The van der Waals surface area contributed by atoms with Crippen LogP contribution in [0.1, 0.15) is 30.5 Å². The predicted molar refractivity (Wildman–Crippen MR) is 108 cm³/mol. The maximum Gasteiger partial charge on any atom is 0.267 e. The van der Waals surface area contributed by atoms with Crippen LogP contribution in [0.4, 0.5) is 23.2 Å². The molecule has 162 valence electrons. The Morgan fingerprint density at radius 2 is 1.68 bits per heavy atom. The summed E-state index contributed by atoms with van der Waals surface area (Å²) >= 11 is 0. The SMILES string of the molecule is CC[C@H](C(=O)Nc1c(F)c(F)cc(F)c1F)n1nc(-c2cc(C)ccc2C)ccc1=O. The summed E-state index contributed by atoms with van der Waals surface area (Å²) in [7, 11) is 0. The van der Waals surface area contributed by atoms with Gasteiger partial charge < -0.3 is 5.32 Å². The number of hydrogen-bond acceptors (Lipinski definition) is 3. The zero-order valence-electron chi connectivity index (χ0n) is 17.0. The van der Waals surface area contributed by atoms with E-state index in [2.05, 4.69) is 5.10 Å². The zero-order chi connectivity index (χ0) is 22.9. The number of hydrogen-bond donors (Lipinski definition) is 1. The molecule has 0 aliphatic rings. The maximum atomic E-state index is 13.9. The Hall–Kier alpha value is -3.49. The van der Waals surface area contributed by atoms with Crippen LogP contribution >= 0.6 is 0 Å². The van der Waals surface area contributed by atoms with Gasteiger partial charge in [-0.15, -0.1) is 0 Å². The van der Waals surface area contributed by atoms with Crippen LogP contribution in [-0.2, 0) is 4.79 Å². The van der Waals surface area contributed by atoms with Crippen LogP contribution in [-0.4, -0.2) is 15.7 Å². The first kappa shape index (κ1) is 22.2. The van der Waals surface area contributed by atoms with E-state index in [-0.39, 0.29) is 12.5 Å². The van der Waals surface area contributed by atoms with Gasteiger partial charge in [-0.1, -0.05) is 24.6 Å². The fraction of sp³-hybridized carbons (Fsp3) is 0.227. The van der Waals surface area contributed by atoms with Crippen LogP contribution < -0.4 is 10.9 Å². The van der Waals surface area contributed by atoms with E-state index < -0.39 is 46.5 Å². The first-order valence-electron chi connectivity index (χ1n) is 9.45. The first-order valence-corrected chi connectivity index (χ1v) is 9.45. The molecular formula is C22H19F4N3O2. The van der Waals surface area contributed by atoms with Gasteiger partial charge in [0, 0.05) is 17.7 Å². The fourth-order valence-corrected chi connectivity index (χ4v) is 3.16. The summed E-state index contributed by atoms with van der Waals surface area (Å²) < 4.78 is 55.7. The van der Waals surface area contributed by atoms with Crippen molar-refractivity contribution in [2.75, 3.05) is 5.32 Å². The number of carbonyl (C=O) groups excluding carboxylic acids is 1. The smallest absolute Gasteiger partial charge is 0.267 e. The van der Waals surface area contributed by atoms with Crippen LogP contribution in [0.3, 0.4) is 0 Å². The van der Waals surface area contributed by atoms with E-state index in [4.69, 9.17) is 0 Å². The van der Waals surface area contributed by atoms with Crippen molar-refractivity contribution in [2.45, 2.75) is 33.2 Å². The summed E-state index contributed by atoms with van der Waals surface area (Å²) in [5, 5.41) is 6.11. The van der Waals surface area contributed by atoms with E-state index >= 15 is 0 Å². The second-order valence-corrected chi connectivity index (χ2v) is 7.08. The minimum atomic E-state index is -1.74. The molecule has 0 saturated carbocycles. The monoisotopic (exact) mass is 433 g/mol. The number of nitrogens with one attached hydrogen (secondary N) is 1. The number of aromatic nitrogens is 2. The van der Waals surface area contributed by atoms with E-state index in [0.29, 0.717) is 5.69 Å². The van der Waals surface area contributed by atoms with Crippen molar-refractivity contribution in [3.63, 3.8) is 0 Å². The standard InChI is InChI=1S/C22H19F4N3O2/c1-4-17(22(31)27-21-19(25)14(23)10-15(24)20(21)26)29-18(30)8-7-16(28-29)13-9-11(2)5-6-12(13)3/h5-10,17H,4H2,1-3H3,(H,27,31)/t17-/m1/s1. The molecule has 31 heavy (non-hydrogen) atoms. The molecule has 1 atom stereocenters. The highest BCUT2D eigenvalue weighted by Crippen LogP contribution is 2.26. The van der Waals surface area contributed by atoms with Crippen LogP contribution in [0.2, 0.25) is 0 Å². The molecule has 9 heteroatoms. The summed E-state index contributed by atoms with van der Waals surface area (Å²) in [6.45, 7) is 5.31. The molecule has 0 radical (unpaired) electrons. The Balaban J connectivity index is 2.02. The topological polar surface area (TPSA) is 64.0 Å². The van der Waals surface area contributed by atoms with Gasteiger partial charge in [0.25, 0.3) is 5.56 Å². The summed E-state index contributed by atoms with van der Waals surface area (Å²) in [6, 6.07) is 7.16. The number of anilines is 1. The molecule has 2 aromatic carbocycles. The van der Waals surface area contributed by atoms with E-state index in [1.54, 1.807) is 6.92 Å². The molecule has 1 heterocycles. The molecule has 0 bridgehead atoms. The number of aryl methyl sites for hydroxylation is 2. The van der Waals surface area contributed by atoms with Gasteiger partial charge in [-0.25, -0.2) is 22.2 Å². The molecule has 0 spiro atoms. The van der Waals surface area contributed by atoms with Gasteiger partial charge in [-0.05, 0) is 38.0 Å². The average Bonchev–Trinajstić information content (AvgIpc) is 2.73. The van der Waals surface area contributed by atoms with Crippen molar-refractivity contribution >= 4 is 11.6 Å². The lowest BCUT2D eigenvalue weighted by Crippen LogP contribution is -2.35. The number of amides is 1. The fourth-order valence-electron chi connectivity index (χ4n) is 3.16. The Labute approximate surface area is 175 Å². The summed E-state index contributed by atoms with van der Waals surface area (Å²) in [5.74, 6) is -7.85. The molecule has 0 saturated heterocycles. The quantitative estimate of drug-likeness (QED) is 0.470. The molecular weight excluding hydrogens is 414 g/mol. The molecule has 0 aliphatic carbocycles. The summed E-state index contributed by atoms with van der Waals surface area (Å²) in [5.41, 5.74) is 1.13. The lowest BCUT2D eigenvalue weighted by molar-refractivity contribution is -0.119. The van der Waals surface area contributed by atoms with Gasteiger partial charge in [0.1, 0.15) is 11.7 Å². The minimum absolute atomic E-state index is 0.0238. The molecule has 0 unspecified atom stereocenters. The predicted octanol–water partition coefficient (Wildman–Crippen LogP) is 4.67. The first-order chi connectivity index (χ1) is 14.6. The Bertz CT molecular complexity index is 1200. The molecule has 1 N–H and O–H groups in total. The number of rotatable bonds is 5. The summed E-state index contributed by atoms with van der Waals surface area (Å²) in [4.78, 5) is 25.1. The molecule has 5 nitrogen and oxygen atoms in total. The highest BCUT2D eigenvalue weighted by Gasteiger charge is 2.26. The van der Waals surface area contributed by atoms with Crippen LogP contribution in [0.15, 0.2) is 41.2 Å². The van der Waals surface area contributed by atoms with Gasteiger partial charge in [-0.3, -0.25) is 9.59 Å². The highest BCUT2D eigenvalue weighted by atomic mass is 19.2. The Morgan fingerprint density at radius 1 is 1.03 bits per heavy atom. The second-order valence-electron chi connectivity index (χ2n) is 7.08. The number of carbonyl (C=O) groups is 1. The highest BCUT2D eigenvalue weighted by molar-refractivity contribution is 5.94. The van der Waals surface area contributed by atoms with E-state index in [1.165, 1.54) is 12.1 Å². The third-order valence-corrected chi connectivity index (χ3v) is 4.84. The minimum Gasteiger partial charge on any atom is -0.319 e. The van der Waals surface area contributed by atoms with Crippen molar-refractivity contribution in [3.8, 4) is 11.3 Å². The van der Waals surface area contributed by atoms with Crippen LogP contribution in [0.5, 0.6) is 0 Å². The van der Waals surface area contributed by atoms with Crippen molar-refractivity contribution in [2.24, 2.45) is 0 Å². The van der Waals surface area contributed by atoms with Gasteiger partial charge in [-0.2, -0.15) is 5.10 Å². The third kappa shape index (κ3) is 4.35. The Kier molecular flexibility index (Phi) is 6.24. The normalized spacial score (nSPS) is 12.0. The molecule has 1 amide bonds. The van der Waals surface area contributed by atoms with Crippen LogP contribution in [0, 0.1) is 37.1 Å². The zero-order valence-corrected chi connectivity index (χ0v) is 17.0. The van der Waals surface area contributed by atoms with E-state index in [1.807, 2.05) is 37.4 Å². The van der Waals surface area contributed by atoms with Gasteiger partial charge in [0.15, 0.2) is 23.3 Å². The lowest BCUT2D eigenvalue weighted by Gasteiger charge is -2.18. The number of nitrogens with zero attached hydrogens (tertiary/aromatic N) is 2. The number of halogens is 4. The second kappa shape index (κ2) is 8.71. The molecule has 0 fully saturated rings. The lowest BCUT2D eigenvalue weighted by atomic mass is 10.0. The number of benzene rings is 2. The van der Waals surface area contributed by atoms with Gasteiger partial charge in [0.05, 0.1) is 5.69 Å². The molecule has 1 aromatic heterocycles. The molecule has 3 rings (SSSR count). The van der Waals surface area contributed by atoms with Crippen molar-refractivity contribution in [3.05, 3.63) is 81.1 Å².